The highest BCUT2D eigenvalue weighted by Gasteiger charge is 2.16. The first-order valence-electron chi connectivity index (χ1n) is 7.99. The number of ether oxygens (including phenoxy) is 1. The van der Waals surface area contributed by atoms with Gasteiger partial charge in [0.1, 0.15) is 18.4 Å². The van der Waals surface area contributed by atoms with Crippen LogP contribution in [-0.2, 0) is 0 Å². The van der Waals surface area contributed by atoms with Crippen molar-refractivity contribution < 1.29 is 9.53 Å². The first-order chi connectivity index (χ1) is 12.1. The second-order valence-corrected chi connectivity index (χ2v) is 5.83. The molecule has 0 saturated carbocycles. The third-order valence-corrected chi connectivity index (χ3v) is 4.02. The third-order valence-electron chi connectivity index (χ3n) is 4.02. The normalized spacial score (nSPS) is 11.8. The molecule has 0 aliphatic carbocycles. The van der Waals surface area contributed by atoms with Gasteiger partial charge in [-0.05, 0) is 43.7 Å². The first kappa shape index (κ1) is 16.7. The van der Waals surface area contributed by atoms with Crippen LogP contribution in [0.4, 0.5) is 0 Å². The molecular weight excluding hydrogens is 316 g/mol. The summed E-state index contributed by atoms with van der Waals surface area (Å²) in [6, 6.07) is 13.2. The Balaban J connectivity index is 1.74. The van der Waals surface area contributed by atoms with Crippen molar-refractivity contribution in [2.75, 3.05) is 7.11 Å². The van der Waals surface area contributed by atoms with Crippen molar-refractivity contribution in [3.63, 3.8) is 0 Å². The molecule has 6 heteroatoms. The van der Waals surface area contributed by atoms with Crippen molar-refractivity contribution in [1.29, 1.82) is 0 Å². The van der Waals surface area contributed by atoms with Crippen molar-refractivity contribution in [2.24, 2.45) is 0 Å². The van der Waals surface area contributed by atoms with Crippen LogP contribution in [0.5, 0.6) is 5.75 Å². The molecule has 0 unspecified atom stereocenters. The number of carbonyl (C=O) groups is 1. The molecule has 2 aromatic carbocycles. The minimum Gasteiger partial charge on any atom is -0.496 e. The van der Waals surface area contributed by atoms with Crippen LogP contribution in [0.1, 0.15) is 34.5 Å². The molecule has 25 heavy (non-hydrogen) atoms. The van der Waals surface area contributed by atoms with Gasteiger partial charge >= 0.3 is 0 Å². The number of hydrogen-bond acceptors (Lipinski definition) is 4. The average Bonchev–Trinajstić information content (AvgIpc) is 3.16. The van der Waals surface area contributed by atoms with Crippen molar-refractivity contribution in [3.8, 4) is 11.4 Å². The summed E-state index contributed by atoms with van der Waals surface area (Å²) >= 11 is 0. The number of aromatic nitrogens is 3. The summed E-state index contributed by atoms with van der Waals surface area (Å²) in [6.45, 7) is 3.90. The summed E-state index contributed by atoms with van der Waals surface area (Å²) in [4.78, 5) is 16.5. The summed E-state index contributed by atoms with van der Waals surface area (Å²) in [7, 11) is 1.56. The molecule has 3 rings (SSSR count). The van der Waals surface area contributed by atoms with E-state index in [1.807, 2.05) is 56.3 Å². The van der Waals surface area contributed by atoms with Crippen LogP contribution in [0.3, 0.4) is 0 Å². The number of aryl methyl sites for hydroxylation is 1. The largest absolute Gasteiger partial charge is 0.496 e. The highest BCUT2D eigenvalue weighted by molar-refractivity contribution is 5.97. The van der Waals surface area contributed by atoms with E-state index in [4.69, 9.17) is 4.74 Å². The van der Waals surface area contributed by atoms with Crippen LogP contribution < -0.4 is 10.1 Å². The molecule has 0 fully saturated rings. The van der Waals surface area contributed by atoms with Gasteiger partial charge in [-0.3, -0.25) is 4.79 Å². The number of benzene rings is 2. The van der Waals surface area contributed by atoms with Gasteiger partial charge in [0.05, 0.1) is 24.4 Å². The number of nitrogens with zero attached hydrogens (tertiary/aromatic N) is 3. The van der Waals surface area contributed by atoms with Crippen LogP contribution in [0.2, 0.25) is 0 Å². The van der Waals surface area contributed by atoms with Crippen LogP contribution in [0.25, 0.3) is 5.69 Å². The second kappa shape index (κ2) is 7.17. The molecule has 0 radical (unpaired) electrons. The smallest absolute Gasteiger partial charge is 0.255 e. The fourth-order valence-electron chi connectivity index (χ4n) is 2.61. The predicted octanol–water partition coefficient (Wildman–Crippen LogP) is 3.08. The number of nitrogens with one attached hydrogen (secondary N) is 1. The predicted molar refractivity (Wildman–Crippen MR) is 95.0 cm³/mol. The topological polar surface area (TPSA) is 69.0 Å². The Morgan fingerprint density at radius 1 is 1.20 bits per heavy atom. The fourth-order valence-corrected chi connectivity index (χ4v) is 2.61. The summed E-state index contributed by atoms with van der Waals surface area (Å²) < 4.78 is 6.97. The molecule has 1 aromatic heterocycles. The maximum Gasteiger partial charge on any atom is 0.255 e. The van der Waals surface area contributed by atoms with E-state index in [0.29, 0.717) is 11.3 Å². The van der Waals surface area contributed by atoms with E-state index in [-0.39, 0.29) is 11.9 Å². The van der Waals surface area contributed by atoms with Crippen molar-refractivity contribution in [1.82, 2.24) is 20.1 Å². The van der Waals surface area contributed by atoms with Crippen LogP contribution in [-0.4, -0.2) is 27.8 Å². The molecule has 6 nitrogen and oxygen atoms in total. The van der Waals surface area contributed by atoms with E-state index >= 15 is 0 Å². The lowest BCUT2D eigenvalue weighted by Crippen LogP contribution is -2.27. The Morgan fingerprint density at radius 2 is 1.96 bits per heavy atom. The molecule has 1 heterocycles. The van der Waals surface area contributed by atoms with Crippen molar-refractivity contribution in [2.45, 2.75) is 19.9 Å². The SMILES string of the molecule is COc1ccc(C)cc1C(=O)N[C@@H](C)c1ccc(-n2cncn2)cc1. The zero-order valence-corrected chi connectivity index (χ0v) is 14.4. The zero-order chi connectivity index (χ0) is 17.8. The maximum absolute atomic E-state index is 12.6. The Morgan fingerprint density at radius 3 is 2.60 bits per heavy atom. The minimum atomic E-state index is -0.159. The Labute approximate surface area is 146 Å². The quantitative estimate of drug-likeness (QED) is 0.777. The van der Waals surface area contributed by atoms with E-state index in [1.165, 1.54) is 6.33 Å². The monoisotopic (exact) mass is 336 g/mol. The number of rotatable bonds is 5. The molecule has 3 aromatic rings. The maximum atomic E-state index is 12.6. The molecular formula is C19H20N4O2. The van der Waals surface area contributed by atoms with E-state index in [9.17, 15) is 4.79 Å². The number of methoxy groups -OCH3 is 1. The summed E-state index contributed by atoms with van der Waals surface area (Å²) in [5.74, 6) is 0.408. The van der Waals surface area contributed by atoms with Crippen LogP contribution >= 0.6 is 0 Å². The van der Waals surface area contributed by atoms with Gasteiger partial charge in [-0.2, -0.15) is 5.10 Å². The molecule has 0 saturated heterocycles. The lowest BCUT2D eigenvalue weighted by atomic mass is 10.1. The molecule has 1 N–H and O–H groups in total. The second-order valence-electron chi connectivity index (χ2n) is 5.83. The van der Waals surface area contributed by atoms with E-state index < -0.39 is 0 Å². The van der Waals surface area contributed by atoms with Gasteiger partial charge in [0.25, 0.3) is 5.91 Å². The summed E-state index contributed by atoms with van der Waals surface area (Å²) in [5, 5.41) is 7.11. The van der Waals surface area contributed by atoms with Crippen molar-refractivity contribution in [3.05, 3.63) is 71.8 Å². The van der Waals surface area contributed by atoms with Gasteiger partial charge in [0.15, 0.2) is 0 Å². The molecule has 0 bridgehead atoms. The molecule has 0 aliphatic heterocycles. The minimum absolute atomic E-state index is 0.137. The van der Waals surface area contributed by atoms with Gasteiger partial charge in [-0.25, -0.2) is 9.67 Å². The molecule has 0 aliphatic rings. The molecule has 128 valence electrons. The average molecular weight is 336 g/mol. The third kappa shape index (κ3) is 3.68. The van der Waals surface area contributed by atoms with Gasteiger partial charge in [-0.15, -0.1) is 0 Å². The van der Waals surface area contributed by atoms with Crippen LogP contribution in [0, 0.1) is 6.92 Å². The number of carbonyl (C=O) groups excluding carboxylic acids is 1. The summed E-state index contributed by atoms with van der Waals surface area (Å²) in [5.41, 5.74) is 3.47. The Kier molecular flexibility index (Phi) is 4.79. The highest BCUT2D eigenvalue weighted by Crippen LogP contribution is 2.21. The number of amides is 1. The molecule has 1 atom stereocenters. The van der Waals surface area contributed by atoms with E-state index in [1.54, 1.807) is 18.1 Å². The summed E-state index contributed by atoms with van der Waals surface area (Å²) in [6.07, 6.45) is 3.14. The lowest BCUT2D eigenvalue weighted by Gasteiger charge is -2.16. The van der Waals surface area contributed by atoms with Gasteiger partial charge in [0, 0.05) is 0 Å². The molecule has 1 amide bonds. The van der Waals surface area contributed by atoms with Gasteiger partial charge in [0.2, 0.25) is 0 Å². The zero-order valence-electron chi connectivity index (χ0n) is 14.4. The van der Waals surface area contributed by atoms with Gasteiger partial charge < -0.3 is 10.1 Å². The first-order valence-corrected chi connectivity index (χ1v) is 7.99. The standard InChI is InChI=1S/C19H20N4O2/c1-13-4-9-18(25-3)17(10-13)19(24)22-14(2)15-5-7-16(8-6-15)23-12-20-11-21-23/h4-12,14H,1-3H3,(H,22,24)/t14-/m0/s1. The van der Waals surface area contributed by atoms with Crippen molar-refractivity contribution >= 4 is 5.91 Å². The van der Waals surface area contributed by atoms with E-state index in [2.05, 4.69) is 15.4 Å². The highest BCUT2D eigenvalue weighted by atomic mass is 16.5. The van der Waals surface area contributed by atoms with Crippen LogP contribution in [0.15, 0.2) is 55.1 Å². The van der Waals surface area contributed by atoms with E-state index in [0.717, 1.165) is 16.8 Å². The van der Waals surface area contributed by atoms with Gasteiger partial charge in [-0.1, -0.05) is 23.8 Å². The molecule has 0 spiro atoms. The lowest BCUT2D eigenvalue weighted by molar-refractivity contribution is 0.0936. The fraction of sp³-hybridized carbons (Fsp3) is 0.211. The Hall–Kier alpha value is -3.15. The Bertz CT molecular complexity index is 858. The number of hydrogen-bond donors (Lipinski definition) is 1.